The van der Waals surface area contributed by atoms with Crippen LogP contribution in [0.4, 0.5) is 0 Å². The Morgan fingerprint density at radius 3 is 2.00 bits per heavy atom. The minimum absolute atomic E-state index is 0. The molecular formula is C3H7Pt+. The summed E-state index contributed by atoms with van der Waals surface area (Å²) >= 11 is 0. The van der Waals surface area contributed by atoms with Gasteiger partial charge in [-0.05, 0) is 6.92 Å². The van der Waals surface area contributed by atoms with Crippen molar-refractivity contribution in [2.45, 2.75) is 6.92 Å². The molecule has 0 aliphatic heterocycles. The molecule has 28 valence electrons. The van der Waals surface area contributed by atoms with Crippen molar-refractivity contribution in [2.24, 2.45) is 0 Å². The van der Waals surface area contributed by atoms with Crippen molar-refractivity contribution in [3.8, 4) is 0 Å². The third-order valence-electron chi connectivity index (χ3n) is 0. The zero-order valence-corrected chi connectivity index (χ0v) is 4.87. The second kappa shape index (κ2) is 9.91. The standard InChI is InChI=1S/C3H6.Pt/c1-3-2;/h3H,1H2,2H3;/p+1. The maximum Gasteiger partial charge on any atom is 1.00 e. The molecule has 0 nitrogen and oxygen atoms in total. The molecule has 0 aromatic rings. The van der Waals surface area contributed by atoms with Crippen molar-refractivity contribution in [1.82, 2.24) is 0 Å². The first-order chi connectivity index (χ1) is 1.41. The van der Waals surface area contributed by atoms with Gasteiger partial charge in [-0.15, -0.1) is 6.58 Å². The fraction of sp³-hybridized carbons (Fsp3) is 0.333. The summed E-state index contributed by atoms with van der Waals surface area (Å²) in [6, 6.07) is 0. The molecule has 1 heteroatoms. The number of allylic oxidation sites excluding steroid dienone is 1. The van der Waals surface area contributed by atoms with Crippen LogP contribution in [0.2, 0.25) is 0 Å². The first-order valence-electron chi connectivity index (χ1n) is 0.986. The Balaban J connectivity index is -0.0000000200. The number of hydrogen-bond donors (Lipinski definition) is 0. The van der Waals surface area contributed by atoms with E-state index in [0.29, 0.717) is 0 Å². The van der Waals surface area contributed by atoms with E-state index >= 15 is 0 Å². The smallest absolute Gasteiger partial charge is 0.103 e. The van der Waals surface area contributed by atoms with Gasteiger partial charge in [-0.2, -0.15) is 0 Å². The van der Waals surface area contributed by atoms with Gasteiger partial charge in [-0.3, -0.25) is 0 Å². The molecule has 0 saturated carbocycles. The zero-order valence-electron chi connectivity index (χ0n) is 3.60. The van der Waals surface area contributed by atoms with Gasteiger partial charge in [-0.1, -0.05) is 6.08 Å². The molecule has 0 bridgehead atoms. The van der Waals surface area contributed by atoms with Crippen LogP contribution >= 0.6 is 0 Å². The average molecular weight is 238 g/mol. The molecule has 0 unspecified atom stereocenters. The second-order valence-corrected chi connectivity index (χ2v) is 0.408. The van der Waals surface area contributed by atoms with E-state index in [1.54, 1.807) is 6.08 Å². The SMILES string of the molecule is C=CC.[H+].[Pt]. The van der Waals surface area contributed by atoms with Gasteiger partial charge >= 0.3 is 1.43 Å². The second-order valence-electron chi connectivity index (χ2n) is 0.408. The van der Waals surface area contributed by atoms with E-state index in [9.17, 15) is 0 Å². The summed E-state index contributed by atoms with van der Waals surface area (Å²) in [6.07, 6.45) is 1.75. The predicted octanol–water partition coefficient (Wildman–Crippen LogP) is 1.30. The molecule has 0 aliphatic carbocycles. The Hall–Kier alpha value is 0.428. The maximum absolute atomic E-state index is 3.36. The van der Waals surface area contributed by atoms with Crippen LogP contribution in [-0.4, -0.2) is 0 Å². The van der Waals surface area contributed by atoms with E-state index in [1.165, 1.54) is 0 Å². The summed E-state index contributed by atoms with van der Waals surface area (Å²) in [5, 5.41) is 0. The first kappa shape index (κ1) is 8.83. The molecule has 0 atom stereocenters. The summed E-state index contributed by atoms with van der Waals surface area (Å²) < 4.78 is 0. The molecule has 0 saturated heterocycles. The summed E-state index contributed by atoms with van der Waals surface area (Å²) in [6.45, 7) is 5.25. The van der Waals surface area contributed by atoms with Crippen molar-refractivity contribution in [2.75, 3.05) is 0 Å². The topological polar surface area (TPSA) is 0 Å². The fourth-order valence-corrected chi connectivity index (χ4v) is 0. The maximum atomic E-state index is 3.36. The Labute approximate surface area is 42.7 Å². The molecule has 0 amide bonds. The normalized spacial score (nSPS) is 3.25. The van der Waals surface area contributed by atoms with Crippen molar-refractivity contribution < 1.29 is 22.5 Å². The Kier molecular flexibility index (Phi) is 21.9. The Bertz CT molecular complexity index is 14.4. The largest absolute Gasteiger partial charge is 1.00 e. The van der Waals surface area contributed by atoms with Gasteiger partial charge in [0.1, 0.15) is 0 Å². The van der Waals surface area contributed by atoms with E-state index in [0.717, 1.165) is 0 Å². The van der Waals surface area contributed by atoms with Crippen LogP contribution in [-0.2, 0) is 21.1 Å². The summed E-state index contributed by atoms with van der Waals surface area (Å²) in [5.41, 5.74) is 0. The number of hydrogen-bond acceptors (Lipinski definition) is 0. The third kappa shape index (κ3) is 27.0. The minimum atomic E-state index is 0. The van der Waals surface area contributed by atoms with E-state index in [-0.39, 0.29) is 22.5 Å². The monoisotopic (exact) mass is 238 g/mol. The van der Waals surface area contributed by atoms with Gasteiger partial charge < -0.3 is 0 Å². The fourth-order valence-electron chi connectivity index (χ4n) is 0. The van der Waals surface area contributed by atoms with Gasteiger partial charge in [0.05, 0.1) is 0 Å². The Morgan fingerprint density at radius 2 is 2.00 bits per heavy atom. The van der Waals surface area contributed by atoms with Crippen LogP contribution in [0, 0.1) is 0 Å². The predicted molar refractivity (Wildman–Crippen MR) is 17.0 cm³/mol. The van der Waals surface area contributed by atoms with E-state index < -0.39 is 0 Å². The molecule has 0 fully saturated rings. The van der Waals surface area contributed by atoms with Crippen LogP contribution in [0.15, 0.2) is 12.7 Å². The van der Waals surface area contributed by atoms with Gasteiger partial charge in [-0.25, -0.2) is 0 Å². The minimum Gasteiger partial charge on any atom is -0.103 e. The van der Waals surface area contributed by atoms with Crippen molar-refractivity contribution in [1.29, 1.82) is 0 Å². The molecule has 0 radical (unpaired) electrons. The van der Waals surface area contributed by atoms with Gasteiger partial charge in [0, 0.05) is 21.1 Å². The van der Waals surface area contributed by atoms with E-state index in [1.807, 2.05) is 6.92 Å². The molecule has 0 rings (SSSR count). The van der Waals surface area contributed by atoms with Gasteiger partial charge in [0.25, 0.3) is 0 Å². The van der Waals surface area contributed by atoms with Gasteiger partial charge in [0.2, 0.25) is 0 Å². The van der Waals surface area contributed by atoms with Crippen molar-refractivity contribution >= 4 is 0 Å². The van der Waals surface area contributed by atoms with Crippen molar-refractivity contribution in [3.05, 3.63) is 12.7 Å². The molecule has 0 aromatic heterocycles. The molecular weight excluding hydrogens is 231 g/mol. The van der Waals surface area contributed by atoms with Crippen LogP contribution in [0.3, 0.4) is 0 Å². The molecule has 0 aromatic carbocycles. The first-order valence-corrected chi connectivity index (χ1v) is 0.986. The molecule has 4 heavy (non-hydrogen) atoms. The van der Waals surface area contributed by atoms with Crippen LogP contribution in [0.25, 0.3) is 0 Å². The molecule has 0 aliphatic rings. The summed E-state index contributed by atoms with van der Waals surface area (Å²) in [7, 11) is 0. The van der Waals surface area contributed by atoms with Gasteiger partial charge in [0.15, 0.2) is 0 Å². The van der Waals surface area contributed by atoms with Crippen LogP contribution in [0.1, 0.15) is 8.35 Å². The van der Waals surface area contributed by atoms with Crippen LogP contribution < -0.4 is 0 Å². The average Bonchev–Trinajstić information content (AvgIpc) is 0.918. The van der Waals surface area contributed by atoms with Crippen molar-refractivity contribution in [3.63, 3.8) is 0 Å². The molecule has 0 heterocycles. The summed E-state index contributed by atoms with van der Waals surface area (Å²) in [4.78, 5) is 0. The summed E-state index contributed by atoms with van der Waals surface area (Å²) in [5.74, 6) is 0. The van der Waals surface area contributed by atoms with E-state index in [4.69, 9.17) is 0 Å². The zero-order chi connectivity index (χ0) is 2.71. The quantitative estimate of drug-likeness (QED) is 0.558. The molecule has 0 spiro atoms. The number of rotatable bonds is 0. The van der Waals surface area contributed by atoms with Crippen LogP contribution in [0.5, 0.6) is 0 Å². The molecule has 0 N–H and O–H groups in total. The Morgan fingerprint density at radius 1 is 2.00 bits per heavy atom. The third-order valence-corrected chi connectivity index (χ3v) is 0. The van der Waals surface area contributed by atoms with E-state index in [2.05, 4.69) is 6.58 Å².